The molecule has 2 aromatic rings. The Morgan fingerprint density at radius 2 is 1.13 bits per heavy atom. The van der Waals surface area contributed by atoms with E-state index >= 15 is 0 Å². The van der Waals surface area contributed by atoms with Crippen molar-refractivity contribution in [3.63, 3.8) is 0 Å². The lowest BCUT2D eigenvalue weighted by Crippen LogP contribution is -2.07. The lowest BCUT2D eigenvalue weighted by Gasteiger charge is -2.10. The molecule has 0 saturated carbocycles. The maximum atomic E-state index is 5.03. The number of para-hydroxylation sites is 2. The van der Waals surface area contributed by atoms with Crippen LogP contribution in [0.3, 0.4) is 0 Å². The van der Waals surface area contributed by atoms with Gasteiger partial charge in [-0.25, -0.2) is 4.99 Å². The molecule has 0 unspecified atom stereocenters. The molecule has 31 heavy (non-hydrogen) atoms. The minimum Gasteiger partial charge on any atom is -0.251 e. The molecule has 1 aliphatic heterocycles. The zero-order chi connectivity index (χ0) is 22.4. The third-order valence-electron chi connectivity index (χ3n) is 6.02. The molecule has 3 rings (SSSR count). The lowest BCUT2D eigenvalue weighted by atomic mass is 10.0. The summed E-state index contributed by atoms with van der Waals surface area (Å²) >= 11 is 0. The highest BCUT2D eigenvalue weighted by molar-refractivity contribution is 6.43. The van der Waals surface area contributed by atoms with Gasteiger partial charge in [-0.1, -0.05) is 70.2 Å². The van der Waals surface area contributed by atoms with Crippen molar-refractivity contribution in [2.45, 2.75) is 73.6 Å². The molecule has 3 heteroatoms. The quantitative estimate of drug-likeness (QED) is 0.401. The van der Waals surface area contributed by atoms with E-state index in [0.717, 1.165) is 66.3 Å². The number of hydrogen-bond acceptors (Lipinski definition) is 3. The van der Waals surface area contributed by atoms with Gasteiger partial charge in [-0.15, -0.1) is 0 Å². The summed E-state index contributed by atoms with van der Waals surface area (Å²) in [6.07, 6.45) is 6.92. The van der Waals surface area contributed by atoms with E-state index in [2.05, 4.69) is 84.0 Å². The Balaban J connectivity index is 1.91. The van der Waals surface area contributed by atoms with Gasteiger partial charge in [0, 0.05) is 6.42 Å². The highest BCUT2D eigenvalue weighted by Gasteiger charge is 2.16. The van der Waals surface area contributed by atoms with Gasteiger partial charge in [0.1, 0.15) is 0 Å². The van der Waals surface area contributed by atoms with Crippen molar-refractivity contribution in [3.05, 3.63) is 70.4 Å². The van der Waals surface area contributed by atoms with Crippen molar-refractivity contribution < 1.29 is 0 Å². The van der Waals surface area contributed by atoms with Crippen LogP contribution in [-0.4, -0.2) is 17.1 Å². The largest absolute Gasteiger partial charge is 0.251 e. The number of allylic oxidation sites excluding steroid dienone is 2. The zero-order valence-electron chi connectivity index (χ0n) is 19.9. The Labute approximate surface area is 187 Å². The van der Waals surface area contributed by atoms with Crippen molar-refractivity contribution >= 4 is 28.5 Å². The summed E-state index contributed by atoms with van der Waals surface area (Å²) in [7, 11) is 0. The third kappa shape index (κ3) is 5.10. The summed E-state index contributed by atoms with van der Waals surface area (Å²) in [4.78, 5) is 15.0. The standard InChI is InChI=1S/C28H35N3/c1-7-21-13-11-14-22(8-2)27(21)29-19(5)25-17-18-26(31-25)20(6)30-28-23(9-3)15-12-16-24(28)10-4/h11-17H,7-10,18H2,1-6H3. The fraction of sp³-hybridized carbons (Fsp3) is 0.393. The SMILES string of the molecule is CCc1cccc(CC)c1N=C(C)C1=CCC(C(C)=Nc2c(CC)cccc2CC)=N1. The van der Waals surface area contributed by atoms with Gasteiger partial charge in [-0.3, -0.25) is 9.98 Å². The van der Waals surface area contributed by atoms with Gasteiger partial charge in [0.05, 0.1) is 34.2 Å². The molecule has 1 heterocycles. The molecule has 0 amide bonds. The van der Waals surface area contributed by atoms with Crippen LogP contribution in [0.4, 0.5) is 11.4 Å². The fourth-order valence-electron chi connectivity index (χ4n) is 4.06. The Kier molecular flexibility index (Phi) is 7.73. The summed E-state index contributed by atoms with van der Waals surface area (Å²) in [5.74, 6) is 0. The maximum Gasteiger partial charge on any atom is 0.0810 e. The summed E-state index contributed by atoms with van der Waals surface area (Å²) in [6.45, 7) is 12.9. The highest BCUT2D eigenvalue weighted by atomic mass is 14.9. The van der Waals surface area contributed by atoms with E-state index in [9.17, 15) is 0 Å². The van der Waals surface area contributed by atoms with Crippen LogP contribution in [0.25, 0.3) is 0 Å². The first kappa shape index (κ1) is 22.9. The average molecular weight is 414 g/mol. The molecule has 3 nitrogen and oxygen atoms in total. The summed E-state index contributed by atoms with van der Waals surface area (Å²) in [5.41, 5.74) is 11.4. The molecule has 0 aliphatic carbocycles. The monoisotopic (exact) mass is 413 g/mol. The first-order valence-corrected chi connectivity index (χ1v) is 11.6. The third-order valence-corrected chi connectivity index (χ3v) is 6.02. The number of benzene rings is 2. The first-order chi connectivity index (χ1) is 15.0. The van der Waals surface area contributed by atoms with Gasteiger partial charge in [-0.2, -0.15) is 0 Å². The van der Waals surface area contributed by atoms with Gasteiger partial charge in [0.2, 0.25) is 0 Å². The van der Waals surface area contributed by atoms with Crippen molar-refractivity contribution in [2.75, 3.05) is 0 Å². The Bertz CT molecular complexity index is 1020. The predicted octanol–water partition coefficient (Wildman–Crippen LogP) is 7.55. The topological polar surface area (TPSA) is 37.1 Å². The van der Waals surface area contributed by atoms with Gasteiger partial charge in [0.15, 0.2) is 0 Å². The number of aryl methyl sites for hydroxylation is 4. The number of aliphatic imine (C=N–C) groups is 3. The van der Waals surface area contributed by atoms with E-state index in [-0.39, 0.29) is 0 Å². The lowest BCUT2D eigenvalue weighted by molar-refractivity contribution is 1.08. The molecule has 0 radical (unpaired) electrons. The van der Waals surface area contributed by atoms with Crippen LogP contribution in [0.1, 0.15) is 70.2 Å². The van der Waals surface area contributed by atoms with Gasteiger partial charge >= 0.3 is 0 Å². The Hall–Kier alpha value is -2.81. The molecule has 0 atom stereocenters. The zero-order valence-corrected chi connectivity index (χ0v) is 19.9. The molecular weight excluding hydrogens is 378 g/mol. The molecule has 0 spiro atoms. The van der Waals surface area contributed by atoms with Crippen LogP contribution >= 0.6 is 0 Å². The van der Waals surface area contributed by atoms with Crippen molar-refractivity contribution in [2.24, 2.45) is 15.0 Å². The van der Waals surface area contributed by atoms with E-state index in [0.29, 0.717) is 0 Å². The van der Waals surface area contributed by atoms with Crippen LogP contribution < -0.4 is 0 Å². The smallest absolute Gasteiger partial charge is 0.0810 e. The molecule has 0 bridgehead atoms. The van der Waals surface area contributed by atoms with Crippen LogP contribution in [0.2, 0.25) is 0 Å². The fourth-order valence-corrected chi connectivity index (χ4v) is 4.06. The van der Waals surface area contributed by atoms with E-state index in [1.165, 1.54) is 22.3 Å². The maximum absolute atomic E-state index is 5.03. The van der Waals surface area contributed by atoms with Crippen LogP contribution in [0.15, 0.2) is 63.1 Å². The van der Waals surface area contributed by atoms with Crippen LogP contribution in [0, 0.1) is 0 Å². The Morgan fingerprint density at radius 1 is 0.710 bits per heavy atom. The summed E-state index contributed by atoms with van der Waals surface area (Å²) in [5, 5.41) is 0. The van der Waals surface area contributed by atoms with Crippen molar-refractivity contribution in [1.82, 2.24) is 0 Å². The molecule has 0 N–H and O–H groups in total. The summed E-state index contributed by atoms with van der Waals surface area (Å²) < 4.78 is 0. The van der Waals surface area contributed by atoms with E-state index in [4.69, 9.17) is 15.0 Å². The molecule has 0 saturated heterocycles. The normalized spacial score (nSPS) is 14.6. The molecule has 1 aliphatic rings. The molecule has 162 valence electrons. The molecule has 0 fully saturated rings. The predicted molar refractivity (Wildman–Crippen MR) is 136 cm³/mol. The second kappa shape index (κ2) is 10.5. The van der Waals surface area contributed by atoms with Gasteiger partial charge < -0.3 is 0 Å². The molecule has 2 aromatic carbocycles. The van der Waals surface area contributed by atoms with Crippen molar-refractivity contribution in [3.8, 4) is 0 Å². The van der Waals surface area contributed by atoms with Gasteiger partial charge in [-0.05, 0) is 61.8 Å². The van der Waals surface area contributed by atoms with Gasteiger partial charge in [0.25, 0.3) is 0 Å². The highest BCUT2D eigenvalue weighted by Crippen LogP contribution is 2.29. The average Bonchev–Trinajstić information content (AvgIpc) is 3.30. The minimum atomic E-state index is 0.809. The second-order valence-corrected chi connectivity index (χ2v) is 8.01. The molecular formula is C28H35N3. The number of hydrogen-bond donors (Lipinski definition) is 0. The minimum absolute atomic E-state index is 0.809. The number of nitrogens with zero attached hydrogens (tertiary/aromatic N) is 3. The van der Waals surface area contributed by atoms with E-state index in [1.54, 1.807) is 0 Å². The van der Waals surface area contributed by atoms with Crippen molar-refractivity contribution in [1.29, 1.82) is 0 Å². The number of rotatable bonds is 8. The van der Waals surface area contributed by atoms with Crippen LogP contribution in [0.5, 0.6) is 0 Å². The second-order valence-electron chi connectivity index (χ2n) is 8.01. The van der Waals surface area contributed by atoms with Crippen LogP contribution in [-0.2, 0) is 25.7 Å². The van der Waals surface area contributed by atoms with E-state index < -0.39 is 0 Å². The first-order valence-electron chi connectivity index (χ1n) is 11.6. The summed E-state index contributed by atoms with van der Waals surface area (Å²) in [6, 6.07) is 13.0. The Morgan fingerprint density at radius 3 is 1.55 bits per heavy atom. The van der Waals surface area contributed by atoms with E-state index in [1.807, 2.05) is 0 Å². The molecule has 0 aromatic heterocycles.